The van der Waals surface area contributed by atoms with Gasteiger partial charge in [0.25, 0.3) is 5.91 Å². The summed E-state index contributed by atoms with van der Waals surface area (Å²) in [4.78, 5) is 13.5. The maximum absolute atomic E-state index is 12.1. The second-order valence-electron chi connectivity index (χ2n) is 5.67. The number of aryl methyl sites for hydroxylation is 1. The Balaban J connectivity index is 1.81. The summed E-state index contributed by atoms with van der Waals surface area (Å²) in [5.74, 6) is 0.579. The average molecular weight is 338 g/mol. The number of hydrogen-bond donors (Lipinski definition) is 1. The van der Waals surface area contributed by atoms with Gasteiger partial charge in [-0.15, -0.1) is 0 Å². The molecule has 0 saturated carbocycles. The molecule has 0 unspecified atom stereocenters. The lowest BCUT2D eigenvalue weighted by molar-refractivity contribution is -0.121. The van der Waals surface area contributed by atoms with Crippen LogP contribution in [0.2, 0.25) is 0 Å². The summed E-state index contributed by atoms with van der Waals surface area (Å²) in [6.07, 6.45) is 1.77. The van der Waals surface area contributed by atoms with Crippen molar-refractivity contribution < 1.29 is 9.53 Å². The monoisotopic (exact) mass is 338 g/mol. The Morgan fingerprint density at radius 3 is 2.71 bits per heavy atom. The molecule has 1 saturated heterocycles. The maximum Gasteiger partial charge on any atom is 0.276 e. The van der Waals surface area contributed by atoms with Gasteiger partial charge in [-0.05, 0) is 36.8 Å². The van der Waals surface area contributed by atoms with E-state index in [-0.39, 0.29) is 5.91 Å². The highest BCUT2D eigenvalue weighted by atomic mass is 32.1. The molecular weight excluding hydrogens is 320 g/mol. The number of para-hydroxylation sites is 1. The Hall–Kier alpha value is -2.66. The minimum absolute atomic E-state index is 0.145. The second-order valence-corrected chi connectivity index (χ2v) is 6.05. The molecule has 0 aromatic heterocycles. The van der Waals surface area contributed by atoms with Crippen molar-refractivity contribution in [1.29, 1.82) is 0 Å². The molecule has 122 valence electrons. The van der Waals surface area contributed by atoms with Crippen LogP contribution in [-0.2, 0) is 11.4 Å². The van der Waals surface area contributed by atoms with E-state index in [2.05, 4.69) is 24.4 Å². The topological polar surface area (TPSA) is 41.6 Å². The number of thiocarbonyl (C=S) groups is 1. The molecule has 1 aliphatic heterocycles. The van der Waals surface area contributed by atoms with E-state index in [0.29, 0.717) is 17.4 Å². The van der Waals surface area contributed by atoms with E-state index in [9.17, 15) is 4.79 Å². The van der Waals surface area contributed by atoms with Crippen LogP contribution in [0.5, 0.6) is 5.75 Å². The van der Waals surface area contributed by atoms with Crippen LogP contribution in [0.15, 0.2) is 54.2 Å². The number of benzene rings is 2. The van der Waals surface area contributed by atoms with Crippen LogP contribution >= 0.6 is 12.2 Å². The first kappa shape index (κ1) is 16.2. The third-order valence-electron chi connectivity index (χ3n) is 3.78. The number of ether oxygens (including phenoxy) is 1. The molecule has 24 heavy (non-hydrogen) atoms. The third kappa shape index (κ3) is 3.46. The molecule has 0 spiro atoms. The van der Waals surface area contributed by atoms with E-state index in [4.69, 9.17) is 17.0 Å². The summed E-state index contributed by atoms with van der Waals surface area (Å²) in [7, 11) is 1.65. The van der Waals surface area contributed by atoms with E-state index in [1.165, 1.54) is 10.5 Å². The number of rotatable bonds is 4. The molecule has 0 aliphatic carbocycles. The largest absolute Gasteiger partial charge is 0.488 e. The predicted octanol–water partition coefficient (Wildman–Crippen LogP) is 3.26. The summed E-state index contributed by atoms with van der Waals surface area (Å²) in [5, 5.41) is 3.33. The van der Waals surface area contributed by atoms with Gasteiger partial charge in [0.05, 0.1) is 0 Å². The maximum atomic E-state index is 12.1. The summed E-state index contributed by atoms with van der Waals surface area (Å²) < 4.78 is 5.95. The molecule has 1 fully saturated rings. The first-order valence-electron chi connectivity index (χ1n) is 7.63. The number of carbonyl (C=O) groups is 1. The van der Waals surface area contributed by atoms with Crippen LogP contribution in [0.1, 0.15) is 16.7 Å². The van der Waals surface area contributed by atoms with Crippen LogP contribution in [-0.4, -0.2) is 23.0 Å². The number of carbonyl (C=O) groups excluding carboxylic acids is 1. The van der Waals surface area contributed by atoms with Gasteiger partial charge >= 0.3 is 0 Å². The van der Waals surface area contributed by atoms with Gasteiger partial charge < -0.3 is 10.1 Å². The number of hydrogen-bond acceptors (Lipinski definition) is 3. The van der Waals surface area contributed by atoms with Gasteiger partial charge in [0, 0.05) is 12.6 Å². The smallest absolute Gasteiger partial charge is 0.276 e. The highest BCUT2D eigenvalue weighted by molar-refractivity contribution is 7.80. The van der Waals surface area contributed by atoms with Crippen molar-refractivity contribution in [3.8, 4) is 5.75 Å². The fraction of sp³-hybridized carbons (Fsp3) is 0.158. The Labute approximate surface area is 146 Å². The summed E-state index contributed by atoms with van der Waals surface area (Å²) >= 11 is 5.09. The zero-order valence-corrected chi connectivity index (χ0v) is 14.4. The zero-order valence-electron chi connectivity index (χ0n) is 13.6. The van der Waals surface area contributed by atoms with Crippen molar-refractivity contribution in [2.75, 3.05) is 7.05 Å². The van der Waals surface area contributed by atoms with Crippen LogP contribution < -0.4 is 10.1 Å². The molecule has 4 nitrogen and oxygen atoms in total. The molecule has 1 heterocycles. The molecule has 1 N–H and O–H groups in total. The second kappa shape index (κ2) is 6.84. The van der Waals surface area contributed by atoms with Gasteiger partial charge in [-0.2, -0.15) is 0 Å². The van der Waals surface area contributed by atoms with Crippen molar-refractivity contribution in [3.05, 3.63) is 70.9 Å². The SMILES string of the molecule is Cc1cccc(COc2ccccc2/C=C2\NC(=S)N(C)C2=O)c1. The fourth-order valence-corrected chi connectivity index (χ4v) is 2.67. The van der Waals surface area contributed by atoms with Gasteiger partial charge in [-0.1, -0.05) is 48.0 Å². The van der Waals surface area contributed by atoms with Crippen LogP contribution in [0.3, 0.4) is 0 Å². The lowest BCUT2D eigenvalue weighted by atomic mass is 10.1. The number of likely N-dealkylation sites (N-methyl/N-ethyl adjacent to an activating group) is 1. The highest BCUT2D eigenvalue weighted by Gasteiger charge is 2.27. The summed E-state index contributed by atoms with van der Waals surface area (Å²) in [6, 6.07) is 15.8. The molecule has 1 amide bonds. The Kier molecular flexibility index (Phi) is 4.62. The van der Waals surface area contributed by atoms with Crippen LogP contribution in [0.4, 0.5) is 0 Å². The van der Waals surface area contributed by atoms with E-state index < -0.39 is 0 Å². The van der Waals surface area contributed by atoms with Crippen LogP contribution in [0, 0.1) is 6.92 Å². The van der Waals surface area contributed by atoms with E-state index >= 15 is 0 Å². The normalized spacial score (nSPS) is 15.8. The van der Waals surface area contributed by atoms with E-state index in [1.54, 1.807) is 13.1 Å². The quantitative estimate of drug-likeness (QED) is 0.686. The molecule has 2 aromatic rings. The van der Waals surface area contributed by atoms with Gasteiger partial charge in [-0.3, -0.25) is 9.69 Å². The highest BCUT2D eigenvalue weighted by Crippen LogP contribution is 2.23. The van der Waals surface area contributed by atoms with Crippen molar-refractivity contribution in [3.63, 3.8) is 0 Å². The van der Waals surface area contributed by atoms with Crippen LogP contribution in [0.25, 0.3) is 6.08 Å². The van der Waals surface area contributed by atoms with Gasteiger partial charge in [0.2, 0.25) is 0 Å². The third-order valence-corrected chi connectivity index (χ3v) is 4.15. The summed E-state index contributed by atoms with van der Waals surface area (Å²) in [5.41, 5.74) is 3.59. The van der Waals surface area contributed by atoms with E-state index in [1.807, 2.05) is 36.4 Å². The fourth-order valence-electron chi connectivity index (χ4n) is 2.47. The first-order valence-corrected chi connectivity index (χ1v) is 8.03. The first-order chi connectivity index (χ1) is 11.5. The number of amides is 1. The molecule has 3 rings (SSSR count). The zero-order chi connectivity index (χ0) is 17.1. The lowest BCUT2D eigenvalue weighted by Gasteiger charge is -2.10. The molecule has 0 bridgehead atoms. The Morgan fingerprint density at radius 2 is 2.00 bits per heavy atom. The van der Waals surface area contributed by atoms with Crippen molar-refractivity contribution >= 4 is 29.3 Å². The Morgan fingerprint density at radius 1 is 1.21 bits per heavy atom. The number of nitrogens with zero attached hydrogens (tertiary/aromatic N) is 1. The molecular formula is C19H18N2O2S. The molecule has 5 heteroatoms. The van der Waals surface area contributed by atoms with Crippen molar-refractivity contribution in [1.82, 2.24) is 10.2 Å². The lowest BCUT2D eigenvalue weighted by Crippen LogP contribution is -2.25. The van der Waals surface area contributed by atoms with Crippen molar-refractivity contribution in [2.24, 2.45) is 0 Å². The van der Waals surface area contributed by atoms with Gasteiger partial charge in [-0.25, -0.2) is 0 Å². The van der Waals surface area contributed by atoms with Gasteiger partial charge in [0.15, 0.2) is 5.11 Å². The van der Waals surface area contributed by atoms with E-state index in [0.717, 1.165) is 16.9 Å². The molecule has 0 radical (unpaired) electrons. The molecule has 2 aromatic carbocycles. The Bertz CT molecular complexity index is 830. The minimum atomic E-state index is -0.145. The van der Waals surface area contributed by atoms with Gasteiger partial charge in [0.1, 0.15) is 18.1 Å². The minimum Gasteiger partial charge on any atom is -0.488 e. The predicted molar refractivity (Wildman–Crippen MR) is 98.4 cm³/mol. The van der Waals surface area contributed by atoms with Crippen molar-refractivity contribution in [2.45, 2.75) is 13.5 Å². The summed E-state index contributed by atoms with van der Waals surface area (Å²) in [6.45, 7) is 2.53. The average Bonchev–Trinajstić information content (AvgIpc) is 2.81. The molecule has 1 aliphatic rings. The standard InChI is InChI=1S/C19H18N2O2S/c1-13-6-5-7-14(10-13)12-23-17-9-4-3-8-15(17)11-16-18(22)21(2)19(24)20-16/h3-11H,12H2,1-2H3,(H,20,24)/b16-11-. The number of nitrogens with one attached hydrogen (secondary N) is 1. The molecule has 0 atom stereocenters.